The molecule has 1 atom stereocenters. The molecule has 0 amide bonds. The molecule has 1 aliphatic rings. The summed E-state index contributed by atoms with van der Waals surface area (Å²) in [5.41, 5.74) is 3.76. The van der Waals surface area contributed by atoms with Crippen molar-refractivity contribution in [1.29, 1.82) is 0 Å². The number of imidazole rings is 1. The van der Waals surface area contributed by atoms with E-state index in [0.29, 0.717) is 6.04 Å². The van der Waals surface area contributed by atoms with Crippen molar-refractivity contribution in [1.82, 2.24) is 19.2 Å². The normalized spacial score (nSPS) is 17.1. The van der Waals surface area contributed by atoms with Crippen molar-refractivity contribution in [2.45, 2.75) is 63.6 Å². The van der Waals surface area contributed by atoms with Crippen LogP contribution in [0.1, 0.15) is 49.8 Å². The Kier molecular flexibility index (Phi) is 6.91. The predicted molar refractivity (Wildman–Crippen MR) is 112 cm³/mol. The highest BCUT2D eigenvalue weighted by Crippen LogP contribution is 2.26. The fourth-order valence-corrected chi connectivity index (χ4v) is 5.04. The first-order chi connectivity index (χ1) is 13.4. The molecule has 3 rings (SSSR count). The van der Waals surface area contributed by atoms with Crippen LogP contribution in [0.2, 0.25) is 0 Å². The molecular formula is C21H32N4O2S. The molecule has 1 aromatic carbocycles. The molecule has 2 aromatic rings. The number of hydrogen-bond acceptors (Lipinski definition) is 4. The number of nitrogens with zero attached hydrogens (tertiary/aromatic N) is 3. The van der Waals surface area contributed by atoms with Gasteiger partial charge < -0.3 is 9.47 Å². The van der Waals surface area contributed by atoms with Crippen LogP contribution in [-0.4, -0.2) is 42.0 Å². The number of sulfonamides is 1. The predicted octanol–water partition coefficient (Wildman–Crippen LogP) is 2.88. The van der Waals surface area contributed by atoms with Gasteiger partial charge in [-0.05, 0) is 61.9 Å². The van der Waals surface area contributed by atoms with Crippen LogP contribution in [0.25, 0.3) is 0 Å². The zero-order chi connectivity index (χ0) is 20.1. The third-order valence-corrected chi connectivity index (χ3v) is 6.72. The standard InChI is InChI=1S/C21H32N4O2S/c1-4-10-25(11-5-2)20-9-8-18-7-6-17(12-19(18)13-20)14-23-28(26,27)21-15-24(3)16-22-21/h6-7,12,15-16,20,23H,4-5,8-11,13-14H2,1-3H3/t20-/m1/s1. The zero-order valence-corrected chi connectivity index (χ0v) is 18.0. The minimum Gasteiger partial charge on any atom is -0.339 e. The van der Waals surface area contributed by atoms with E-state index in [0.717, 1.165) is 31.5 Å². The molecule has 0 bridgehead atoms. The number of fused-ring (bicyclic) bond motifs is 1. The number of aromatic nitrogens is 2. The largest absolute Gasteiger partial charge is 0.339 e. The molecule has 0 fully saturated rings. The summed E-state index contributed by atoms with van der Waals surface area (Å²) < 4.78 is 29.1. The summed E-state index contributed by atoms with van der Waals surface area (Å²) >= 11 is 0. The Balaban J connectivity index is 1.68. The number of rotatable bonds is 9. The molecule has 28 heavy (non-hydrogen) atoms. The van der Waals surface area contributed by atoms with Crippen LogP contribution in [0.5, 0.6) is 0 Å². The molecule has 154 valence electrons. The molecule has 6 nitrogen and oxygen atoms in total. The summed E-state index contributed by atoms with van der Waals surface area (Å²) in [5.74, 6) is 0. The van der Waals surface area contributed by atoms with Gasteiger partial charge in [-0.15, -0.1) is 0 Å². The summed E-state index contributed by atoms with van der Waals surface area (Å²) in [7, 11) is -1.83. The molecule has 7 heteroatoms. The first-order valence-electron chi connectivity index (χ1n) is 10.2. The van der Waals surface area contributed by atoms with Crippen LogP contribution in [0.15, 0.2) is 35.7 Å². The Morgan fingerprint density at radius 1 is 1.21 bits per heavy atom. The Morgan fingerprint density at radius 3 is 2.61 bits per heavy atom. The summed E-state index contributed by atoms with van der Waals surface area (Å²) in [6.07, 6.45) is 8.72. The number of hydrogen-bond donors (Lipinski definition) is 1. The van der Waals surface area contributed by atoms with Gasteiger partial charge in [-0.3, -0.25) is 0 Å². The maximum atomic E-state index is 12.4. The summed E-state index contributed by atoms with van der Waals surface area (Å²) in [6.45, 7) is 7.07. The molecule has 0 aliphatic heterocycles. The highest BCUT2D eigenvalue weighted by atomic mass is 32.2. The van der Waals surface area contributed by atoms with E-state index in [9.17, 15) is 8.42 Å². The van der Waals surface area contributed by atoms with Crippen molar-refractivity contribution in [2.24, 2.45) is 7.05 Å². The van der Waals surface area contributed by atoms with Crippen LogP contribution >= 0.6 is 0 Å². The molecular weight excluding hydrogens is 372 g/mol. The molecule has 1 heterocycles. The second kappa shape index (κ2) is 9.20. The summed E-state index contributed by atoms with van der Waals surface area (Å²) in [4.78, 5) is 6.57. The van der Waals surface area contributed by atoms with E-state index in [1.165, 1.54) is 42.9 Å². The van der Waals surface area contributed by atoms with Gasteiger partial charge in [-0.25, -0.2) is 18.1 Å². The number of benzene rings is 1. The lowest BCUT2D eigenvalue weighted by Gasteiger charge is -2.35. The van der Waals surface area contributed by atoms with E-state index < -0.39 is 10.0 Å². The monoisotopic (exact) mass is 404 g/mol. The van der Waals surface area contributed by atoms with E-state index in [2.05, 4.69) is 40.6 Å². The van der Waals surface area contributed by atoms with Crippen LogP contribution in [-0.2, 0) is 36.5 Å². The quantitative estimate of drug-likeness (QED) is 0.698. The van der Waals surface area contributed by atoms with Crippen molar-refractivity contribution >= 4 is 10.0 Å². The Hall–Kier alpha value is -1.70. The average molecular weight is 405 g/mol. The molecule has 0 saturated heterocycles. The van der Waals surface area contributed by atoms with Crippen LogP contribution < -0.4 is 4.72 Å². The van der Waals surface area contributed by atoms with E-state index in [4.69, 9.17) is 0 Å². The van der Waals surface area contributed by atoms with Gasteiger partial charge in [0, 0.05) is 25.8 Å². The Labute approximate surface area is 169 Å². The molecule has 0 spiro atoms. The smallest absolute Gasteiger partial charge is 0.259 e. The Bertz CT molecular complexity index is 886. The molecule has 1 aliphatic carbocycles. The maximum absolute atomic E-state index is 12.4. The molecule has 1 aromatic heterocycles. The topological polar surface area (TPSA) is 67.2 Å². The van der Waals surface area contributed by atoms with E-state index >= 15 is 0 Å². The second-order valence-electron chi connectivity index (χ2n) is 7.74. The van der Waals surface area contributed by atoms with Crippen molar-refractivity contribution in [2.75, 3.05) is 13.1 Å². The zero-order valence-electron chi connectivity index (χ0n) is 17.2. The molecule has 0 unspecified atom stereocenters. The van der Waals surface area contributed by atoms with E-state index in [1.807, 2.05) is 6.07 Å². The maximum Gasteiger partial charge on any atom is 0.259 e. The third kappa shape index (κ3) is 5.01. The first-order valence-corrected chi connectivity index (χ1v) is 11.7. The van der Waals surface area contributed by atoms with Crippen LogP contribution in [0.4, 0.5) is 0 Å². The lowest BCUT2D eigenvalue weighted by atomic mass is 9.86. The molecule has 1 N–H and O–H groups in total. The fraction of sp³-hybridized carbons (Fsp3) is 0.571. The van der Waals surface area contributed by atoms with Gasteiger partial charge in [0.2, 0.25) is 0 Å². The minimum atomic E-state index is -3.59. The van der Waals surface area contributed by atoms with Crippen molar-refractivity contribution in [3.05, 3.63) is 47.4 Å². The van der Waals surface area contributed by atoms with Gasteiger partial charge in [0.05, 0.1) is 6.33 Å². The first kappa shape index (κ1) is 21.0. The van der Waals surface area contributed by atoms with Crippen LogP contribution in [0.3, 0.4) is 0 Å². The second-order valence-corrected chi connectivity index (χ2v) is 9.45. The number of nitrogens with one attached hydrogen (secondary N) is 1. The van der Waals surface area contributed by atoms with Crippen LogP contribution in [0, 0.1) is 0 Å². The number of aryl methyl sites for hydroxylation is 2. The van der Waals surface area contributed by atoms with Gasteiger partial charge >= 0.3 is 0 Å². The van der Waals surface area contributed by atoms with Crippen molar-refractivity contribution in [3.63, 3.8) is 0 Å². The van der Waals surface area contributed by atoms with Crippen molar-refractivity contribution < 1.29 is 8.42 Å². The summed E-state index contributed by atoms with van der Waals surface area (Å²) in [5, 5.41) is 0.0581. The molecule has 0 saturated carbocycles. The minimum absolute atomic E-state index is 0.0581. The van der Waals surface area contributed by atoms with E-state index in [-0.39, 0.29) is 11.6 Å². The van der Waals surface area contributed by atoms with E-state index in [1.54, 1.807) is 11.6 Å². The van der Waals surface area contributed by atoms with Gasteiger partial charge in [0.25, 0.3) is 10.0 Å². The highest BCUT2D eigenvalue weighted by Gasteiger charge is 2.24. The fourth-order valence-electron chi connectivity index (χ4n) is 4.04. The van der Waals surface area contributed by atoms with Gasteiger partial charge in [-0.1, -0.05) is 32.0 Å². The molecule has 0 radical (unpaired) electrons. The van der Waals surface area contributed by atoms with Crippen molar-refractivity contribution in [3.8, 4) is 0 Å². The Morgan fingerprint density at radius 2 is 1.96 bits per heavy atom. The van der Waals surface area contributed by atoms with Gasteiger partial charge in [0.15, 0.2) is 5.03 Å². The lowest BCUT2D eigenvalue weighted by molar-refractivity contribution is 0.180. The lowest BCUT2D eigenvalue weighted by Crippen LogP contribution is -2.40. The highest BCUT2D eigenvalue weighted by molar-refractivity contribution is 7.89. The SMILES string of the molecule is CCCN(CCC)[C@@H]1CCc2ccc(CNS(=O)(=O)c3cn(C)cn3)cc2C1. The van der Waals surface area contributed by atoms with Gasteiger partial charge in [-0.2, -0.15) is 0 Å². The van der Waals surface area contributed by atoms with Gasteiger partial charge in [0.1, 0.15) is 0 Å². The summed E-state index contributed by atoms with van der Waals surface area (Å²) in [6, 6.07) is 6.97. The average Bonchev–Trinajstić information content (AvgIpc) is 3.13. The third-order valence-electron chi connectivity index (χ3n) is 5.43.